The fourth-order valence-corrected chi connectivity index (χ4v) is 2.60. The van der Waals surface area contributed by atoms with Gasteiger partial charge in [-0.3, -0.25) is 9.69 Å². The van der Waals surface area contributed by atoms with E-state index in [1.807, 2.05) is 6.92 Å². The smallest absolute Gasteiger partial charge is 0.263 e. The van der Waals surface area contributed by atoms with Gasteiger partial charge in [-0.05, 0) is 19.1 Å². The van der Waals surface area contributed by atoms with E-state index in [0.29, 0.717) is 29.6 Å². The van der Waals surface area contributed by atoms with Crippen LogP contribution in [0.1, 0.15) is 11.5 Å². The average Bonchev–Trinajstić information content (AvgIpc) is 3.19. The topological polar surface area (TPSA) is 83.5 Å². The molecule has 0 atom stereocenters. The molecule has 1 amide bonds. The molecule has 0 spiro atoms. The molecule has 9 heteroatoms. The second-order valence-electron chi connectivity index (χ2n) is 5.62. The molecule has 140 valence electrons. The molecule has 0 unspecified atom stereocenters. The summed E-state index contributed by atoms with van der Waals surface area (Å²) < 4.78 is 10.8. The van der Waals surface area contributed by atoms with Crippen molar-refractivity contribution in [1.82, 2.24) is 20.5 Å². The number of rotatable bonds is 6. The first-order chi connectivity index (χ1) is 11.2. The van der Waals surface area contributed by atoms with Crippen molar-refractivity contribution >= 4 is 30.7 Å². The standard InChI is InChI=1S/C16H22N4O3.2ClH/c1-12-13(19-16(23-12)14-3-2-10-22-14)11-15(21)18-6-9-20-7-4-17-5-8-20;;/h2-3,10,17H,4-9,11H2,1H3,(H,18,21);2*1H. The Morgan fingerprint density at radius 2 is 2.12 bits per heavy atom. The summed E-state index contributed by atoms with van der Waals surface area (Å²) in [4.78, 5) is 18.7. The van der Waals surface area contributed by atoms with E-state index in [1.165, 1.54) is 0 Å². The molecule has 2 N–H and O–H groups in total. The Labute approximate surface area is 159 Å². The van der Waals surface area contributed by atoms with Gasteiger partial charge in [0.15, 0.2) is 5.76 Å². The fourth-order valence-electron chi connectivity index (χ4n) is 2.60. The first-order valence-electron chi connectivity index (χ1n) is 7.92. The van der Waals surface area contributed by atoms with Gasteiger partial charge in [-0.25, -0.2) is 4.98 Å². The third-order valence-electron chi connectivity index (χ3n) is 3.91. The average molecular weight is 391 g/mol. The molecular formula is C16H24Cl2N4O3. The van der Waals surface area contributed by atoms with Gasteiger partial charge < -0.3 is 19.5 Å². The van der Waals surface area contributed by atoms with Crippen LogP contribution in [0.2, 0.25) is 0 Å². The highest BCUT2D eigenvalue weighted by Crippen LogP contribution is 2.22. The summed E-state index contributed by atoms with van der Waals surface area (Å²) in [5.41, 5.74) is 0.649. The van der Waals surface area contributed by atoms with Gasteiger partial charge in [0.2, 0.25) is 5.91 Å². The van der Waals surface area contributed by atoms with E-state index < -0.39 is 0 Å². The van der Waals surface area contributed by atoms with E-state index in [9.17, 15) is 4.79 Å². The van der Waals surface area contributed by atoms with Gasteiger partial charge in [-0.15, -0.1) is 24.8 Å². The molecule has 0 aliphatic carbocycles. The maximum atomic E-state index is 12.1. The van der Waals surface area contributed by atoms with Crippen LogP contribution in [-0.4, -0.2) is 55.1 Å². The zero-order chi connectivity index (χ0) is 16.1. The Hall–Kier alpha value is -1.54. The van der Waals surface area contributed by atoms with Crippen molar-refractivity contribution in [3.63, 3.8) is 0 Å². The highest BCUT2D eigenvalue weighted by molar-refractivity contribution is 5.85. The largest absolute Gasteiger partial charge is 0.459 e. The second-order valence-corrected chi connectivity index (χ2v) is 5.62. The van der Waals surface area contributed by atoms with E-state index >= 15 is 0 Å². The lowest BCUT2D eigenvalue weighted by molar-refractivity contribution is -0.120. The van der Waals surface area contributed by atoms with Gasteiger partial charge in [-0.1, -0.05) is 0 Å². The molecule has 1 saturated heterocycles. The number of oxazole rings is 1. The normalized spacial score (nSPS) is 14.4. The number of aromatic nitrogens is 1. The predicted octanol–water partition coefficient (Wildman–Crippen LogP) is 1.65. The fraction of sp³-hybridized carbons (Fsp3) is 0.500. The lowest BCUT2D eigenvalue weighted by Gasteiger charge is -2.27. The third-order valence-corrected chi connectivity index (χ3v) is 3.91. The minimum absolute atomic E-state index is 0. The van der Waals surface area contributed by atoms with E-state index in [0.717, 1.165) is 32.7 Å². The number of aryl methyl sites for hydroxylation is 1. The van der Waals surface area contributed by atoms with Crippen LogP contribution in [0, 0.1) is 6.92 Å². The first kappa shape index (κ1) is 21.5. The van der Waals surface area contributed by atoms with Crippen LogP contribution >= 0.6 is 24.8 Å². The highest BCUT2D eigenvalue weighted by Gasteiger charge is 2.16. The van der Waals surface area contributed by atoms with Crippen molar-refractivity contribution in [2.24, 2.45) is 0 Å². The molecule has 2 aromatic heterocycles. The van der Waals surface area contributed by atoms with Gasteiger partial charge in [-0.2, -0.15) is 0 Å². The zero-order valence-electron chi connectivity index (χ0n) is 14.1. The first-order valence-corrected chi connectivity index (χ1v) is 7.92. The monoisotopic (exact) mass is 390 g/mol. The van der Waals surface area contributed by atoms with Gasteiger partial charge in [0, 0.05) is 39.3 Å². The Kier molecular flexibility index (Phi) is 8.99. The number of nitrogens with one attached hydrogen (secondary N) is 2. The maximum Gasteiger partial charge on any atom is 0.263 e. The summed E-state index contributed by atoms with van der Waals surface area (Å²) in [5.74, 6) is 1.59. The second kappa shape index (κ2) is 10.5. The maximum absolute atomic E-state index is 12.1. The van der Waals surface area contributed by atoms with Crippen LogP contribution in [0.3, 0.4) is 0 Å². The number of halogens is 2. The Bertz CT molecular complexity index is 640. The molecule has 2 aromatic rings. The van der Waals surface area contributed by atoms with Crippen LogP contribution in [0.4, 0.5) is 0 Å². The number of nitrogens with zero attached hydrogens (tertiary/aromatic N) is 2. The Balaban J connectivity index is 0.00000156. The summed E-state index contributed by atoms with van der Waals surface area (Å²) in [7, 11) is 0. The van der Waals surface area contributed by atoms with Crippen LogP contribution in [0.5, 0.6) is 0 Å². The van der Waals surface area contributed by atoms with Crippen molar-refractivity contribution in [1.29, 1.82) is 0 Å². The summed E-state index contributed by atoms with van der Waals surface area (Å²) in [6, 6.07) is 3.56. The van der Waals surface area contributed by atoms with E-state index in [2.05, 4.69) is 20.5 Å². The van der Waals surface area contributed by atoms with E-state index in [-0.39, 0.29) is 37.1 Å². The van der Waals surface area contributed by atoms with Crippen LogP contribution in [0.25, 0.3) is 11.7 Å². The van der Waals surface area contributed by atoms with Crippen molar-refractivity contribution in [3.8, 4) is 11.7 Å². The molecular weight excluding hydrogens is 367 g/mol. The van der Waals surface area contributed by atoms with Crippen LogP contribution < -0.4 is 10.6 Å². The Morgan fingerprint density at radius 1 is 1.36 bits per heavy atom. The summed E-state index contributed by atoms with van der Waals surface area (Å²) >= 11 is 0. The number of amides is 1. The SMILES string of the molecule is Cc1oc(-c2ccco2)nc1CC(=O)NCCN1CCNCC1.Cl.Cl. The molecule has 1 aliphatic heterocycles. The third kappa shape index (κ3) is 6.04. The number of furan rings is 1. The highest BCUT2D eigenvalue weighted by atomic mass is 35.5. The molecule has 3 heterocycles. The minimum atomic E-state index is -0.0393. The molecule has 1 fully saturated rings. The zero-order valence-corrected chi connectivity index (χ0v) is 15.8. The van der Waals surface area contributed by atoms with E-state index in [4.69, 9.17) is 8.83 Å². The lowest BCUT2D eigenvalue weighted by atomic mass is 10.2. The number of piperazine rings is 1. The molecule has 0 bridgehead atoms. The van der Waals surface area contributed by atoms with Crippen molar-refractivity contribution in [3.05, 3.63) is 29.9 Å². The van der Waals surface area contributed by atoms with Crippen molar-refractivity contribution in [2.75, 3.05) is 39.3 Å². The molecule has 7 nitrogen and oxygen atoms in total. The molecule has 0 saturated carbocycles. The van der Waals surface area contributed by atoms with Gasteiger partial charge in [0.25, 0.3) is 5.89 Å². The molecule has 3 rings (SSSR count). The van der Waals surface area contributed by atoms with Crippen molar-refractivity contribution < 1.29 is 13.6 Å². The van der Waals surface area contributed by atoms with Crippen LogP contribution in [-0.2, 0) is 11.2 Å². The number of hydrogen-bond donors (Lipinski definition) is 2. The predicted molar refractivity (Wildman–Crippen MR) is 99.5 cm³/mol. The van der Waals surface area contributed by atoms with Gasteiger partial charge in [0.1, 0.15) is 5.76 Å². The number of hydrogen-bond acceptors (Lipinski definition) is 6. The van der Waals surface area contributed by atoms with Crippen LogP contribution in [0.15, 0.2) is 27.2 Å². The summed E-state index contributed by atoms with van der Waals surface area (Å²) in [5, 5.41) is 6.25. The molecule has 1 aliphatic rings. The number of carbonyl (C=O) groups excluding carboxylic acids is 1. The molecule has 0 aromatic carbocycles. The van der Waals surface area contributed by atoms with Gasteiger partial charge in [0.05, 0.1) is 18.4 Å². The Morgan fingerprint density at radius 3 is 2.80 bits per heavy atom. The lowest BCUT2D eigenvalue weighted by Crippen LogP contribution is -2.46. The number of carbonyl (C=O) groups is 1. The summed E-state index contributed by atoms with van der Waals surface area (Å²) in [6.07, 6.45) is 1.79. The molecule has 25 heavy (non-hydrogen) atoms. The van der Waals surface area contributed by atoms with Crippen molar-refractivity contribution in [2.45, 2.75) is 13.3 Å². The van der Waals surface area contributed by atoms with E-state index in [1.54, 1.807) is 18.4 Å². The summed E-state index contributed by atoms with van der Waals surface area (Å²) in [6.45, 7) is 7.44. The quantitative estimate of drug-likeness (QED) is 0.779. The van der Waals surface area contributed by atoms with Gasteiger partial charge >= 0.3 is 0 Å². The molecule has 0 radical (unpaired) electrons. The minimum Gasteiger partial charge on any atom is -0.459 e.